The fraction of sp³-hybridized carbons (Fsp3) is 0.643. The molecule has 0 aromatic carbocycles. The van der Waals surface area contributed by atoms with E-state index in [1.54, 1.807) is 12.4 Å². The molecule has 4 nitrogen and oxygen atoms in total. The van der Waals surface area contributed by atoms with Crippen molar-refractivity contribution in [2.45, 2.75) is 25.4 Å². The average Bonchev–Trinajstić information content (AvgIpc) is 2.40. The summed E-state index contributed by atoms with van der Waals surface area (Å²) in [6.45, 7) is 5.54. The van der Waals surface area contributed by atoms with Gasteiger partial charge in [0.2, 0.25) is 0 Å². The van der Waals surface area contributed by atoms with Gasteiger partial charge in [-0.25, -0.2) is 0 Å². The van der Waals surface area contributed by atoms with Crippen molar-refractivity contribution in [3.05, 3.63) is 24.0 Å². The number of hydrogen-bond donors (Lipinski definition) is 1. The van der Waals surface area contributed by atoms with Crippen LogP contribution in [0.5, 0.6) is 5.75 Å². The van der Waals surface area contributed by atoms with Gasteiger partial charge >= 0.3 is 0 Å². The highest BCUT2D eigenvalue weighted by atomic mass is 16.5. The second-order valence-electron chi connectivity index (χ2n) is 5.32. The molecule has 0 spiro atoms. The molecule has 0 amide bonds. The second kappa shape index (κ2) is 4.52. The van der Waals surface area contributed by atoms with Crippen molar-refractivity contribution in [3.63, 3.8) is 0 Å². The van der Waals surface area contributed by atoms with Crippen LogP contribution in [0.15, 0.2) is 18.5 Å². The van der Waals surface area contributed by atoms with Gasteiger partial charge in [0.05, 0.1) is 12.8 Å². The van der Waals surface area contributed by atoms with Gasteiger partial charge in [0.15, 0.2) is 0 Å². The van der Waals surface area contributed by atoms with Crippen molar-refractivity contribution in [1.82, 2.24) is 9.88 Å². The van der Waals surface area contributed by atoms with Crippen LogP contribution in [0.1, 0.15) is 25.3 Å². The number of piperidine rings is 3. The van der Waals surface area contributed by atoms with Gasteiger partial charge in [0, 0.05) is 18.3 Å². The second-order valence-corrected chi connectivity index (χ2v) is 5.32. The Morgan fingerprint density at radius 2 is 2.22 bits per heavy atom. The zero-order valence-corrected chi connectivity index (χ0v) is 10.8. The van der Waals surface area contributed by atoms with Crippen LogP contribution in [-0.4, -0.2) is 41.2 Å². The smallest absolute Gasteiger partial charge is 0.137 e. The molecule has 0 aliphatic carbocycles. The lowest BCUT2D eigenvalue weighted by atomic mass is 9.72. The monoisotopic (exact) mass is 248 g/mol. The Kier molecular flexibility index (Phi) is 2.99. The summed E-state index contributed by atoms with van der Waals surface area (Å²) >= 11 is 0. The largest absolute Gasteiger partial charge is 0.492 e. The van der Waals surface area contributed by atoms with E-state index in [1.807, 2.05) is 13.0 Å². The van der Waals surface area contributed by atoms with E-state index in [0.717, 1.165) is 43.8 Å². The lowest BCUT2D eigenvalue weighted by Crippen LogP contribution is -2.57. The minimum Gasteiger partial charge on any atom is -0.492 e. The molecule has 1 atom stereocenters. The maximum Gasteiger partial charge on any atom is 0.137 e. The zero-order valence-electron chi connectivity index (χ0n) is 10.8. The molecule has 4 heteroatoms. The Labute approximate surface area is 108 Å². The fourth-order valence-corrected chi connectivity index (χ4v) is 3.27. The van der Waals surface area contributed by atoms with E-state index < -0.39 is 5.60 Å². The molecule has 3 fully saturated rings. The summed E-state index contributed by atoms with van der Waals surface area (Å²) in [6, 6.07) is 1.94. The Bertz CT molecular complexity index is 430. The standard InChI is InChI=1S/C14H20N2O2/c1-2-18-13-7-12(8-15-9-13)14(17)10-16-5-3-11(14)4-6-16/h7-9,11,17H,2-6,10H2,1H3. The van der Waals surface area contributed by atoms with Crippen molar-refractivity contribution < 1.29 is 9.84 Å². The van der Waals surface area contributed by atoms with Gasteiger partial charge < -0.3 is 14.7 Å². The molecule has 4 rings (SSSR count). The average molecular weight is 248 g/mol. The van der Waals surface area contributed by atoms with Crippen LogP contribution in [0.25, 0.3) is 0 Å². The molecule has 1 N–H and O–H groups in total. The molecule has 98 valence electrons. The maximum atomic E-state index is 11.0. The van der Waals surface area contributed by atoms with Gasteiger partial charge in [-0.1, -0.05) is 0 Å². The van der Waals surface area contributed by atoms with Crippen LogP contribution < -0.4 is 4.74 Å². The molecule has 4 heterocycles. The van der Waals surface area contributed by atoms with Crippen LogP contribution in [-0.2, 0) is 5.60 Å². The molecule has 1 aromatic rings. The first-order chi connectivity index (χ1) is 8.72. The third kappa shape index (κ3) is 1.89. The number of nitrogens with zero attached hydrogens (tertiary/aromatic N) is 2. The van der Waals surface area contributed by atoms with Crippen LogP contribution in [0.3, 0.4) is 0 Å². The lowest BCUT2D eigenvalue weighted by Gasteiger charge is -2.50. The number of aliphatic hydroxyl groups is 1. The van der Waals surface area contributed by atoms with Crippen molar-refractivity contribution in [3.8, 4) is 5.75 Å². The maximum absolute atomic E-state index is 11.0. The molecular weight excluding hydrogens is 228 g/mol. The summed E-state index contributed by atoms with van der Waals surface area (Å²) in [5, 5.41) is 11.0. The molecule has 1 aromatic heterocycles. The Morgan fingerprint density at radius 1 is 1.44 bits per heavy atom. The Hall–Kier alpha value is -1.13. The number of aromatic nitrogens is 1. The van der Waals surface area contributed by atoms with Crippen molar-refractivity contribution >= 4 is 0 Å². The third-order valence-corrected chi connectivity index (χ3v) is 4.25. The fourth-order valence-electron chi connectivity index (χ4n) is 3.27. The zero-order chi connectivity index (χ0) is 12.6. The summed E-state index contributed by atoms with van der Waals surface area (Å²) in [4.78, 5) is 6.54. The number of ether oxygens (including phenoxy) is 1. The van der Waals surface area contributed by atoms with Gasteiger partial charge in [0.1, 0.15) is 11.4 Å². The first kappa shape index (κ1) is 11.9. The highest BCUT2D eigenvalue weighted by Gasteiger charge is 2.46. The number of hydrogen-bond acceptors (Lipinski definition) is 4. The quantitative estimate of drug-likeness (QED) is 0.878. The molecule has 0 radical (unpaired) electrons. The van der Waals surface area contributed by atoms with E-state index >= 15 is 0 Å². The van der Waals surface area contributed by atoms with Crippen LogP contribution >= 0.6 is 0 Å². The molecule has 2 bridgehead atoms. The van der Waals surface area contributed by atoms with Gasteiger partial charge in [-0.2, -0.15) is 0 Å². The van der Waals surface area contributed by atoms with Crippen molar-refractivity contribution in [1.29, 1.82) is 0 Å². The Morgan fingerprint density at radius 3 is 2.83 bits per heavy atom. The molecule has 1 unspecified atom stereocenters. The topological polar surface area (TPSA) is 45.6 Å². The van der Waals surface area contributed by atoms with Crippen LogP contribution in [0.2, 0.25) is 0 Å². The predicted octanol–water partition coefficient (Wildman–Crippen LogP) is 1.39. The SMILES string of the molecule is CCOc1cncc(C2(O)CN3CCC2CC3)c1. The van der Waals surface area contributed by atoms with E-state index in [1.165, 1.54) is 0 Å². The van der Waals surface area contributed by atoms with Gasteiger partial charge in [0.25, 0.3) is 0 Å². The molecular formula is C14H20N2O2. The predicted molar refractivity (Wildman–Crippen MR) is 68.5 cm³/mol. The van der Waals surface area contributed by atoms with Crippen LogP contribution in [0.4, 0.5) is 0 Å². The first-order valence-electron chi connectivity index (χ1n) is 6.75. The summed E-state index contributed by atoms with van der Waals surface area (Å²) < 4.78 is 5.48. The molecule has 3 aliphatic heterocycles. The van der Waals surface area contributed by atoms with E-state index in [0.29, 0.717) is 12.5 Å². The van der Waals surface area contributed by atoms with E-state index in [9.17, 15) is 5.11 Å². The highest BCUT2D eigenvalue weighted by Crippen LogP contribution is 2.42. The minimum absolute atomic E-state index is 0.362. The molecule has 18 heavy (non-hydrogen) atoms. The Balaban J connectivity index is 1.91. The molecule has 3 saturated heterocycles. The van der Waals surface area contributed by atoms with Gasteiger partial charge in [-0.3, -0.25) is 4.98 Å². The van der Waals surface area contributed by atoms with E-state index in [2.05, 4.69) is 9.88 Å². The highest BCUT2D eigenvalue weighted by molar-refractivity contribution is 5.30. The summed E-state index contributed by atoms with van der Waals surface area (Å²) in [5.74, 6) is 1.11. The summed E-state index contributed by atoms with van der Waals surface area (Å²) in [5.41, 5.74) is 0.166. The normalized spacial score (nSPS) is 34.6. The van der Waals surface area contributed by atoms with Gasteiger partial charge in [-0.05, 0) is 44.8 Å². The van der Waals surface area contributed by atoms with E-state index in [4.69, 9.17) is 4.74 Å². The first-order valence-corrected chi connectivity index (χ1v) is 6.75. The van der Waals surface area contributed by atoms with Crippen molar-refractivity contribution in [2.75, 3.05) is 26.2 Å². The third-order valence-electron chi connectivity index (χ3n) is 4.25. The number of rotatable bonds is 3. The number of pyridine rings is 1. The van der Waals surface area contributed by atoms with Crippen molar-refractivity contribution in [2.24, 2.45) is 5.92 Å². The molecule has 3 aliphatic rings. The van der Waals surface area contributed by atoms with E-state index in [-0.39, 0.29) is 0 Å². The summed E-state index contributed by atoms with van der Waals surface area (Å²) in [7, 11) is 0. The summed E-state index contributed by atoms with van der Waals surface area (Å²) in [6.07, 6.45) is 5.65. The number of fused-ring (bicyclic) bond motifs is 3. The van der Waals surface area contributed by atoms with Gasteiger partial charge in [-0.15, -0.1) is 0 Å². The van der Waals surface area contributed by atoms with Crippen LogP contribution in [0, 0.1) is 5.92 Å². The molecule has 0 saturated carbocycles. The minimum atomic E-state index is -0.739. The lowest BCUT2D eigenvalue weighted by molar-refractivity contribution is -0.118.